The largest absolute Gasteiger partial charge is 0.389 e. The van der Waals surface area contributed by atoms with Gasteiger partial charge in [0.2, 0.25) is 0 Å². The fourth-order valence-electron chi connectivity index (χ4n) is 3.58. The second-order valence-electron chi connectivity index (χ2n) is 7.90. The highest BCUT2D eigenvalue weighted by Gasteiger charge is 2.24. The first-order valence-electron chi connectivity index (χ1n) is 8.93. The summed E-state index contributed by atoms with van der Waals surface area (Å²) in [5, 5.41) is 10.1. The summed E-state index contributed by atoms with van der Waals surface area (Å²) < 4.78 is 0. The fraction of sp³-hybridized carbons (Fsp3) is 0.800. The minimum absolute atomic E-state index is 0.191. The smallest absolute Gasteiger partial charge is 0.0754 e. The quantitative estimate of drug-likeness (QED) is 0.496. The monoisotopic (exact) mass is 324 g/mol. The summed E-state index contributed by atoms with van der Waals surface area (Å²) in [6, 6.07) is 0. The molecular weight excluding hydrogens is 288 g/mol. The van der Waals surface area contributed by atoms with Crippen LogP contribution in [0.25, 0.3) is 0 Å². The van der Waals surface area contributed by atoms with Gasteiger partial charge in [-0.2, -0.15) is 12.6 Å². The Hall–Kier alpha value is -0.210. The van der Waals surface area contributed by atoms with Crippen molar-refractivity contribution >= 4 is 12.6 Å². The van der Waals surface area contributed by atoms with Gasteiger partial charge in [0, 0.05) is 5.25 Å². The van der Waals surface area contributed by atoms with Gasteiger partial charge in [-0.05, 0) is 63.2 Å². The van der Waals surface area contributed by atoms with E-state index in [2.05, 4.69) is 60.2 Å². The predicted octanol–water partition coefficient (Wildman–Crippen LogP) is 5.66. The van der Waals surface area contributed by atoms with E-state index in [0.29, 0.717) is 17.1 Å². The molecule has 0 bridgehead atoms. The Bertz CT molecular complexity index is 357. The van der Waals surface area contributed by atoms with Crippen LogP contribution in [0.3, 0.4) is 0 Å². The lowest BCUT2D eigenvalue weighted by Gasteiger charge is -2.29. The number of aliphatic hydroxyl groups is 1. The van der Waals surface area contributed by atoms with Crippen LogP contribution in [0.4, 0.5) is 0 Å². The highest BCUT2D eigenvalue weighted by molar-refractivity contribution is 7.81. The number of hydrogen-bond donors (Lipinski definition) is 2. The predicted molar refractivity (Wildman–Crippen MR) is 101 cm³/mol. The summed E-state index contributed by atoms with van der Waals surface area (Å²) in [6.07, 6.45) is 9.06. The van der Waals surface area contributed by atoms with Crippen LogP contribution in [0.5, 0.6) is 0 Å². The maximum absolute atomic E-state index is 9.63. The third kappa shape index (κ3) is 6.12. The second-order valence-corrected chi connectivity index (χ2v) is 8.50. The Morgan fingerprint density at radius 3 is 1.77 bits per heavy atom. The molecule has 0 amide bonds. The van der Waals surface area contributed by atoms with Crippen LogP contribution >= 0.6 is 12.6 Å². The van der Waals surface area contributed by atoms with Crippen molar-refractivity contribution in [1.82, 2.24) is 0 Å². The lowest BCUT2D eigenvalue weighted by Crippen LogP contribution is -2.26. The molecule has 2 rings (SSSR count). The van der Waals surface area contributed by atoms with E-state index in [4.69, 9.17) is 0 Å². The van der Waals surface area contributed by atoms with E-state index in [-0.39, 0.29) is 6.10 Å². The Labute approximate surface area is 143 Å². The van der Waals surface area contributed by atoms with E-state index in [9.17, 15) is 5.11 Å². The molecule has 0 aromatic carbocycles. The highest BCUT2D eigenvalue weighted by atomic mass is 32.1. The van der Waals surface area contributed by atoms with Crippen LogP contribution in [-0.2, 0) is 0 Å². The topological polar surface area (TPSA) is 20.2 Å². The molecule has 2 aliphatic carbocycles. The van der Waals surface area contributed by atoms with E-state index in [1.807, 2.05) is 6.08 Å². The second kappa shape index (κ2) is 9.17. The average Bonchev–Trinajstić information content (AvgIpc) is 2.38. The van der Waals surface area contributed by atoms with Crippen molar-refractivity contribution in [2.45, 2.75) is 78.6 Å². The molecule has 0 heterocycles. The van der Waals surface area contributed by atoms with Crippen LogP contribution in [-0.4, -0.2) is 16.5 Å². The molecule has 0 radical (unpaired) electrons. The molecule has 4 unspecified atom stereocenters. The molecule has 0 aromatic heterocycles. The first kappa shape index (κ1) is 19.8. The van der Waals surface area contributed by atoms with E-state index < -0.39 is 0 Å². The van der Waals surface area contributed by atoms with Crippen molar-refractivity contribution in [3.05, 3.63) is 23.3 Å². The van der Waals surface area contributed by atoms with Gasteiger partial charge in [-0.3, -0.25) is 0 Å². The third-order valence-corrected chi connectivity index (χ3v) is 5.78. The Kier molecular flexibility index (Phi) is 8.27. The van der Waals surface area contributed by atoms with E-state index >= 15 is 0 Å². The summed E-state index contributed by atoms with van der Waals surface area (Å²) in [6.45, 7) is 13.3. The lowest BCUT2D eigenvalue weighted by molar-refractivity contribution is 0.108. The van der Waals surface area contributed by atoms with Crippen molar-refractivity contribution in [2.24, 2.45) is 23.7 Å². The van der Waals surface area contributed by atoms with E-state index in [0.717, 1.165) is 18.3 Å². The van der Waals surface area contributed by atoms with Crippen LogP contribution < -0.4 is 0 Å². The molecule has 0 aromatic rings. The molecule has 0 aliphatic heterocycles. The van der Waals surface area contributed by atoms with Gasteiger partial charge in [0.25, 0.3) is 0 Å². The standard InChI is InChI=1S/C10H18O.C10H18S/c2*1-7(2)9-5-4-8(3)6-10(9)11/h2*6-7,9-11H,4-5H2,1-3H3. The van der Waals surface area contributed by atoms with Crippen molar-refractivity contribution in [3.8, 4) is 0 Å². The molecular formula is C20H36OS. The van der Waals surface area contributed by atoms with Crippen LogP contribution in [0.1, 0.15) is 67.2 Å². The molecule has 2 heteroatoms. The van der Waals surface area contributed by atoms with Crippen molar-refractivity contribution in [2.75, 3.05) is 0 Å². The van der Waals surface area contributed by atoms with Crippen molar-refractivity contribution in [3.63, 3.8) is 0 Å². The molecule has 0 fully saturated rings. The Morgan fingerprint density at radius 1 is 0.909 bits per heavy atom. The van der Waals surface area contributed by atoms with Gasteiger partial charge >= 0.3 is 0 Å². The van der Waals surface area contributed by atoms with Gasteiger partial charge < -0.3 is 5.11 Å². The highest BCUT2D eigenvalue weighted by Crippen LogP contribution is 2.32. The molecule has 1 nitrogen and oxygen atoms in total. The van der Waals surface area contributed by atoms with Gasteiger partial charge in [0.05, 0.1) is 6.10 Å². The lowest BCUT2D eigenvalue weighted by atomic mass is 9.81. The maximum Gasteiger partial charge on any atom is 0.0754 e. The van der Waals surface area contributed by atoms with E-state index in [1.165, 1.54) is 30.4 Å². The zero-order valence-electron chi connectivity index (χ0n) is 15.3. The fourth-order valence-corrected chi connectivity index (χ4v) is 4.33. The molecule has 1 N–H and O–H groups in total. The van der Waals surface area contributed by atoms with Gasteiger partial charge in [0.1, 0.15) is 0 Å². The van der Waals surface area contributed by atoms with Crippen LogP contribution in [0.2, 0.25) is 0 Å². The Morgan fingerprint density at radius 2 is 1.36 bits per heavy atom. The minimum atomic E-state index is -0.191. The first-order chi connectivity index (χ1) is 10.2. The molecule has 0 saturated carbocycles. The first-order valence-corrected chi connectivity index (χ1v) is 9.44. The van der Waals surface area contributed by atoms with Gasteiger partial charge in [-0.25, -0.2) is 0 Å². The zero-order valence-corrected chi connectivity index (χ0v) is 16.2. The third-order valence-electron chi connectivity index (χ3n) is 5.24. The number of allylic oxidation sites excluding steroid dienone is 2. The zero-order chi connectivity index (χ0) is 16.9. The summed E-state index contributed by atoms with van der Waals surface area (Å²) in [5.41, 5.74) is 2.86. The minimum Gasteiger partial charge on any atom is -0.389 e. The molecule has 0 spiro atoms. The van der Waals surface area contributed by atoms with Crippen LogP contribution in [0.15, 0.2) is 23.3 Å². The van der Waals surface area contributed by atoms with Crippen molar-refractivity contribution in [1.29, 1.82) is 0 Å². The van der Waals surface area contributed by atoms with Gasteiger partial charge in [-0.15, -0.1) is 0 Å². The summed E-state index contributed by atoms with van der Waals surface area (Å²) in [7, 11) is 0. The van der Waals surface area contributed by atoms with Crippen LogP contribution in [0, 0.1) is 23.7 Å². The molecule has 22 heavy (non-hydrogen) atoms. The average molecular weight is 325 g/mol. The summed E-state index contributed by atoms with van der Waals surface area (Å²) in [5.74, 6) is 2.66. The van der Waals surface area contributed by atoms with Gasteiger partial charge in [-0.1, -0.05) is 51.0 Å². The van der Waals surface area contributed by atoms with E-state index in [1.54, 1.807) is 0 Å². The normalized spacial score (nSPS) is 32.3. The number of thiol groups is 1. The summed E-state index contributed by atoms with van der Waals surface area (Å²) >= 11 is 4.58. The Balaban J connectivity index is 0.000000220. The van der Waals surface area contributed by atoms with Crippen molar-refractivity contribution < 1.29 is 5.11 Å². The molecule has 2 aliphatic rings. The molecule has 128 valence electrons. The summed E-state index contributed by atoms with van der Waals surface area (Å²) in [4.78, 5) is 0. The number of rotatable bonds is 2. The van der Waals surface area contributed by atoms with Gasteiger partial charge in [0.15, 0.2) is 0 Å². The SMILES string of the molecule is CC1=CC(O)C(C(C)C)CC1.CC1=CC(S)C(C(C)C)CC1. The molecule has 0 saturated heterocycles. The number of hydrogen-bond acceptors (Lipinski definition) is 2. The number of aliphatic hydroxyl groups excluding tert-OH is 1. The molecule has 4 atom stereocenters. The maximum atomic E-state index is 9.63.